The van der Waals surface area contributed by atoms with Crippen LogP contribution < -0.4 is 10.5 Å². The lowest BCUT2D eigenvalue weighted by Crippen LogP contribution is -2.27. The first-order valence-corrected chi connectivity index (χ1v) is 10.0. The molecule has 0 aliphatic rings. The van der Waals surface area contributed by atoms with E-state index in [9.17, 15) is 13.6 Å². The second-order valence-corrected chi connectivity index (χ2v) is 7.29. The molecule has 8 heteroatoms. The number of rotatable bonds is 8. The summed E-state index contributed by atoms with van der Waals surface area (Å²) in [6.45, 7) is 2.04. The molecule has 0 amide bonds. The molecule has 0 aliphatic carbocycles. The van der Waals surface area contributed by atoms with Crippen LogP contribution in [0.4, 0.5) is 8.78 Å². The SMILES string of the molecule is CCOC(=O)CC(N)Cc1cccc(-c2ccc(Oc3ncc(Cl)cc3F)cc2F)c1. The molecular formula is C23H21ClF2N2O3. The number of esters is 1. The highest BCUT2D eigenvalue weighted by molar-refractivity contribution is 6.30. The minimum absolute atomic E-state index is 0.0996. The number of carbonyl (C=O) groups excluding carboxylic acids is 1. The number of pyridine rings is 1. The Morgan fingerprint density at radius 2 is 1.97 bits per heavy atom. The zero-order valence-electron chi connectivity index (χ0n) is 16.8. The summed E-state index contributed by atoms with van der Waals surface area (Å²) in [7, 11) is 0. The molecular weight excluding hydrogens is 426 g/mol. The first-order chi connectivity index (χ1) is 14.9. The summed E-state index contributed by atoms with van der Waals surface area (Å²) < 4.78 is 38.8. The van der Waals surface area contributed by atoms with Gasteiger partial charge in [-0.05, 0) is 42.7 Å². The van der Waals surface area contributed by atoms with Gasteiger partial charge in [0.25, 0.3) is 5.88 Å². The van der Waals surface area contributed by atoms with Crippen molar-refractivity contribution in [1.29, 1.82) is 0 Å². The Bertz CT molecular complexity index is 1080. The maximum absolute atomic E-state index is 14.8. The van der Waals surface area contributed by atoms with E-state index < -0.39 is 17.7 Å². The van der Waals surface area contributed by atoms with Crippen LogP contribution in [0.25, 0.3) is 11.1 Å². The highest BCUT2D eigenvalue weighted by Gasteiger charge is 2.14. The van der Waals surface area contributed by atoms with Gasteiger partial charge in [-0.25, -0.2) is 13.8 Å². The maximum atomic E-state index is 14.8. The van der Waals surface area contributed by atoms with Crippen molar-refractivity contribution in [3.05, 3.63) is 76.9 Å². The number of nitrogens with zero attached hydrogens (tertiary/aromatic N) is 1. The van der Waals surface area contributed by atoms with Crippen LogP contribution >= 0.6 is 11.6 Å². The van der Waals surface area contributed by atoms with E-state index in [4.69, 9.17) is 26.8 Å². The number of ether oxygens (including phenoxy) is 2. The van der Waals surface area contributed by atoms with Crippen LogP contribution in [0.3, 0.4) is 0 Å². The van der Waals surface area contributed by atoms with Gasteiger partial charge in [-0.15, -0.1) is 0 Å². The number of benzene rings is 2. The maximum Gasteiger partial charge on any atom is 0.307 e. The van der Waals surface area contributed by atoms with Crippen molar-refractivity contribution < 1.29 is 23.0 Å². The van der Waals surface area contributed by atoms with Crippen molar-refractivity contribution >= 4 is 17.6 Å². The number of hydrogen-bond acceptors (Lipinski definition) is 5. The Kier molecular flexibility index (Phi) is 7.55. The standard InChI is InChI=1S/C23H21ClF2N2O3/c1-2-30-22(29)11-17(27)9-14-4-3-5-15(8-14)19-7-6-18(12-20(19)25)31-23-21(26)10-16(24)13-28-23/h3-8,10,12-13,17H,2,9,11,27H2,1H3. The van der Waals surface area contributed by atoms with Crippen LogP contribution in [-0.4, -0.2) is 23.6 Å². The van der Waals surface area contributed by atoms with Crippen molar-refractivity contribution in [2.45, 2.75) is 25.8 Å². The fourth-order valence-electron chi connectivity index (χ4n) is 3.06. The van der Waals surface area contributed by atoms with Gasteiger partial charge in [0.05, 0.1) is 18.1 Å². The van der Waals surface area contributed by atoms with Gasteiger partial charge in [0.1, 0.15) is 11.6 Å². The van der Waals surface area contributed by atoms with Gasteiger partial charge in [0, 0.05) is 23.9 Å². The molecule has 162 valence electrons. The number of hydrogen-bond donors (Lipinski definition) is 1. The minimum Gasteiger partial charge on any atom is -0.466 e. The molecule has 0 spiro atoms. The lowest BCUT2D eigenvalue weighted by molar-refractivity contribution is -0.143. The van der Waals surface area contributed by atoms with Gasteiger partial charge in [-0.1, -0.05) is 35.9 Å². The molecule has 0 radical (unpaired) electrons. The summed E-state index contributed by atoms with van der Waals surface area (Å²) in [6, 6.07) is 12.1. The predicted octanol–water partition coefficient (Wildman–Crippen LogP) is 5.30. The lowest BCUT2D eigenvalue weighted by atomic mass is 9.98. The fourth-order valence-corrected chi connectivity index (χ4v) is 3.20. The van der Waals surface area contributed by atoms with Gasteiger partial charge in [0.15, 0.2) is 5.82 Å². The largest absolute Gasteiger partial charge is 0.466 e. The third-order valence-electron chi connectivity index (χ3n) is 4.40. The van der Waals surface area contributed by atoms with Crippen LogP contribution in [0, 0.1) is 11.6 Å². The summed E-state index contributed by atoms with van der Waals surface area (Å²) >= 11 is 5.67. The van der Waals surface area contributed by atoms with Crippen LogP contribution in [0.2, 0.25) is 5.02 Å². The number of aromatic nitrogens is 1. The van der Waals surface area contributed by atoms with E-state index in [-0.39, 0.29) is 29.0 Å². The van der Waals surface area contributed by atoms with Gasteiger partial charge in [-0.2, -0.15) is 0 Å². The summed E-state index contributed by atoms with van der Waals surface area (Å²) in [5.41, 5.74) is 7.88. The Hall–Kier alpha value is -3.03. The fraction of sp³-hybridized carbons (Fsp3) is 0.217. The third kappa shape index (κ3) is 6.23. The number of halogens is 3. The second-order valence-electron chi connectivity index (χ2n) is 6.86. The van der Waals surface area contributed by atoms with Crippen molar-refractivity contribution in [3.63, 3.8) is 0 Å². The lowest BCUT2D eigenvalue weighted by Gasteiger charge is -2.13. The van der Waals surface area contributed by atoms with Crippen LogP contribution in [0.15, 0.2) is 54.7 Å². The summed E-state index contributed by atoms with van der Waals surface area (Å²) in [5.74, 6) is -1.83. The van der Waals surface area contributed by atoms with E-state index in [0.29, 0.717) is 24.2 Å². The summed E-state index contributed by atoms with van der Waals surface area (Å²) in [4.78, 5) is 15.3. The van der Waals surface area contributed by atoms with E-state index in [1.165, 1.54) is 18.3 Å². The molecule has 1 aromatic heterocycles. The Morgan fingerprint density at radius 1 is 1.16 bits per heavy atom. The topological polar surface area (TPSA) is 74.4 Å². The van der Waals surface area contributed by atoms with Crippen LogP contribution in [0.5, 0.6) is 11.6 Å². The smallest absolute Gasteiger partial charge is 0.307 e. The Morgan fingerprint density at radius 3 is 2.68 bits per heavy atom. The quantitative estimate of drug-likeness (QED) is 0.475. The van der Waals surface area contributed by atoms with E-state index in [0.717, 1.165) is 17.7 Å². The molecule has 0 aliphatic heterocycles. The molecule has 3 aromatic rings. The average molecular weight is 447 g/mol. The zero-order chi connectivity index (χ0) is 22.4. The average Bonchev–Trinajstić information content (AvgIpc) is 2.70. The molecule has 0 saturated carbocycles. The first-order valence-electron chi connectivity index (χ1n) is 9.64. The number of nitrogens with two attached hydrogens (primary N) is 1. The molecule has 0 fully saturated rings. The molecule has 2 N–H and O–H groups in total. The second kappa shape index (κ2) is 10.3. The Labute approximate surface area is 183 Å². The molecule has 1 heterocycles. The molecule has 0 saturated heterocycles. The van der Waals surface area contributed by atoms with E-state index in [2.05, 4.69) is 4.98 Å². The molecule has 5 nitrogen and oxygen atoms in total. The van der Waals surface area contributed by atoms with E-state index in [1.54, 1.807) is 19.1 Å². The third-order valence-corrected chi connectivity index (χ3v) is 4.61. The normalized spacial score (nSPS) is 11.8. The van der Waals surface area contributed by atoms with Crippen LogP contribution in [-0.2, 0) is 16.0 Å². The monoisotopic (exact) mass is 446 g/mol. The van der Waals surface area contributed by atoms with Gasteiger partial charge in [-0.3, -0.25) is 4.79 Å². The molecule has 0 bridgehead atoms. The van der Waals surface area contributed by atoms with E-state index in [1.807, 2.05) is 12.1 Å². The van der Waals surface area contributed by atoms with Gasteiger partial charge >= 0.3 is 5.97 Å². The molecule has 3 rings (SSSR count). The molecule has 1 unspecified atom stereocenters. The van der Waals surface area contributed by atoms with Gasteiger partial charge in [0.2, 0.25) is 0 Å². The Balaban J connectivity index is 1.74. The molecule has 31 heavy (non-hydrogen) atoms. The minimum atomic E-state index is -0.746. The van der Waals surface area contributed by atoms with Crippen LogP contribution in [0.1, 0.15) is 18.9 Å². The van der Waals surface area contributed by atoms with Crippen molar-refractivity contribution in [2.24, 2.45) is 5.73 Å². The summed E-state index contributed by atoms with van der Waals surface area (Å²) in [6.07, 6.45) is 1.79. The highest BCUT2D eigenvalue weighted by atomic mass is 35.5. The van der Waals surface area contributed by atoms with Crippen molar-refractivity contribution in [2.75, 3.05) is 6.61 Å². The molecule has 1 atom stereocenters. The van der Waals surface area contributed by atoms with Gasteiger partial charge < -0.3 is 15.2 Å². The van der Waals surface area contributed by atoms with Crippen molar-refractivity contribution in [1.82, 2.24) is 4.98 Å². The zero-order valence-corrected chi connectivity index (χ0v) is 17.5. The number of carbonyl (C=O) groups is 1. The molecule has 2 aromatic carbocycles. The first kappa shape index (κ1) is 22.7. The van der Waals surface area contributed by atoms with Crippen molar-refractivity contribution in [3.8, 4) is 22.8 Å². The summed E-state index contributed by atoms with van der Waals surface area (Å²) in [5, 5.41) is 0.133. The highest BCUT2D eigenvalue weighted by Crippen LogP contribution is 2.30. The van der Waals surface area contributed by atoms with E-state index >= 15 is 0 Å². The predicted molar refractivity (Wildman–Crippen MR) is 114 cm³/mol.